The second kappa shape index (κ2) is 5.47. The van der Waals surface area contributed by atoms with E-state index >= 15 is 0 Å². The highest BCUT2D eigenvalue weighted by Crippen LogP contribution is 2.19. The van der Waals surface area contributed by atoms with Gasteiger partial charge in [-0.25, -0.2) is 0 Å². The van der Waals surface area contributed by atoms with Crippen LogP contribution < -0.4 is 5.32 Å². The molecule has 1 aliphatic heterocycles. The van der Waals surface area contributed by atoms with Crippen LogP contribution in [0.1, 0.15) is 33.6 Å². The number of rotatable bonds is 4. The maximum absolute atomic E-state index is 11.7. The number of carbonyl (C=O) groups is 1. The van der Waals surface area contributed by atoms with E-state index < -0.39 is 0 Å². The Balaban J connectivity index is 2.29. The molecule has 0 saturated carbocycles. The van der Waals surface area contributed by atoms with E-state index in [0.717, 1.165) is 6.42 Å². The standard InChI is InChI=1S/C11H21NO3/c1-7(4-8(2)13)12-11(14)10-5-9(3)15-6-10/h7-10,13H,4-6H2,1-3H3,(H,12,14). The monoisotopic (exact) mass is 215 g/mol. The van der Waals surface area contributed by atoms with Crippen molar-refractivity contribution >= 4 is 5.91 Å². The summed E-state index contributed by atoms with van der Waals surface area (Å²) in [4.78, 5) is 11.7. The van der Waals surface area contributed by atoms with Gasteiger partial charge in [-0.2, -0.15) is 0 Å². The zero-order chi connectivity index (χ0) is 11.4. The fourth-order valence-corrected chi connectivity index (χ4v) is 1.93. The molecular weight excluding hydrogens is 194 g/mol. The van der Waals surface area contributed by atoms with Crippen molar-refractivity contribution < 1.29 is 14.6 Å². The van der Waals surface area contributed by atoms with E-state index in [1.54, 1.807) is 6.92 Å². The minimum atomic E-state index is -0.376. The lowest BCUT2D eigenvalue weighted by atomic mass is 10.0. The van der Waals surface area contributed by atoms with E-state index in [1.807, 2.05) is 13.8 Å². The molecule has 15 heavy (non-hydrogen) atoms. The summed E-state index contributed by atoms with van der Waals surface area (Å²) in [6, 6.07) is 0.0217. The van der Waals surface area contributed by atoms with Gasteiger partial charge in [0, 0.05) is 6.04 Å². The maximum atomic E-state index is 11.7. The van der Waals surface area contributed by atoms with E-state index in [2.05, 4.69) is 5.32 Å². The molecule has 1 rings (SSSR count). The lowest BCUT2D eigenvalue weighted by Gasteiger charge is -2.17. The fraction of sp³-hybridized carbons (Fsp3) is 0.909. The summed E-state index contributed by atoms with van der Waals surface area (Å²) in [6.07, 6.45) is 1.20. The summed E-state index contributed by atoms with van der Waals surface area (Å²) in [5.41, 5.74) is 0. The van der Waals surface area contributed by atoms with Crippen molar-refractivity contribution in [2.75, 3.05) is 6.61 Å². The van der Waals surface area contributed by atoms with Gasteiger partial charge in [-0.15, -0.1) is 0 Å². The van der Waals surface area contributed by atoms with Crippen molar-refractivity contribution in [2.45, 2.75) is 51.9 Å². The Labute approximate surface area is 91.0 Å². The Morgan fingerprint density at radius 1 is 1.60 bits per heavy atom. The van der Waals surface area contributed by atoms with Crippen LogP contribution in [0.3, 0.4) is 0 Å². The summed E-state index contributed by atoms with van der Waals surface area (Å²) in [6.45, 7) is 6.13. The molecule has 0 aromatic carbocycles. The number of carbonyl (C=O) groups excluding carboxylic acids is 1. The van der Waals surface area contributed by atoms with Gasteiger partial charge < -0.3 is 15.2 Å². The van der Waals surface area contributed by atoms with Gasteiger partial charge in [0.25, 0.3) is 0 Å². The van der Waals surface area contributed by atoms with Gasteiger partial charge in [0.05, 0.1) is 24.7 Å². The SMILES string of the molecule is CC(O)CC(C)NC(=O)C1COC(C)C1. The van der Waals surface area contributed by atoms with Gasteiger partial charge in [0.15, 0.2) is 0 Å². The first-order valence-corrected chi connectivity index (χ1v) is 5.59. The van der Waals surface area contributed by atoms with Crippen LogP contribution in [0.2, 0.25) is 0 Å². The van der Waals surface area contributed by atoms with Gasteiger partial charge in [0.1, 0.15) is 0 Å². The second-order valence-corrected chi connectivity index (χ2v) is 4.57. The summed E-state index contributed by atoms with van der Waals surface area (Å²) < 4.78 is 5.34. The highest BCUT2D eigenvalue weighted by Gasteiger charge is 2.28. The van der Waals surface area contributed by atoms with Gasteiger partial charge in [-0.3, -0.25) is 4.79 Å². The number of nitrogens with one attached hydrogen (secondary N) is 1. The van der Waals surface area contributed by atoms with Crippen molar-refractivity contribution in [1.82, 2.24) is 5.32 Å². The lowest BCUT2D eigenvalue weighted by Crippen LogP contribution is -2.39. The highest BCUT2D eigenvalue weighted by molar-refractivity contribution is 5.79. The van der Waals surface area contributed by atoms with Crippen LogP contribution in [0.5, 0.6) is 0 Å². The average molecular weight is 215 g/mol. The molecule has 4 heteroatoms. The van der Waals surface area contributed by atoms with E-state index in [4.69, 9.17) is 9.84 Å². The van der Waals surface area contributed by atoms with Crippen LogP contribution in [0, 0.1) is 5.92 Å². The molecule has 0 aromatic rings. The summed E-state index contributed by atoms with van der Waals surface area (Å²) >= 11 is 0. The minimum Gasteiger partial charge on any atom is -0.393 e. The molecule has 4 nitrogen and oxygen atoms in total. The molecule has 4 atom stereocenters. The maximum Gasteiger partial charge on any atom is 0.225 e. The third-order valence-electron chi connectivity index (χ3n) is 2.65. The minimum absolute atomic E-state index is 0.0172. The summed E-state index contributed by atoms with van der Waals surface area (Å²) in [5, 5.41) is 12.1. The fourth-order valence-electron chi connectivity index (χ4n) is 1.93. The zero-order valence-corrected chi connectivity index (χ0v) is 9.69. The smallest absolute Gasteiger partial charge is 0.225 e. The molecule has 1 saturated heterocycles. The first kappa shape index (κ1) is 12.5. The lowest BCUT2D eigenvalue weighted by molar-refractivity contribution is -0.125. The van der Waals surface area contributed by atoms with Crippen molar-refractivity contribution in [1.29, 1.82) is 0 Å². The quantitative estimate of drug-likeness (QED) is 0.725. The summed E-state index contributed by atoms with van der Waals surface area (Å²) in [5.74, 6) is 0.0314. The van der Waals surface area contributed by atoms with Crippen molar-refractivity contribution in [3.05, 3.63) is 0 Å². The molecule has 1 amide bonds. The number of hydrogen-bond donors (Lipinski definition) is 2. The Morgan fingerprint density at radius 3 is 2.73 bits per heavy atom. The zero-order valence-electron chi connectivity index (χ0n) is 9.69. The van der Waals surface area contributed by atoms with E-state index in [0.29, 0.717) is 13.0 Å². The van der Waals surface area contributed by atoms with Gasteiger partial charge in [-0.05, 0) is 33.6 Å². The molecule has 0 aromatic heterocycles. The number of hydrogen-bond acceptors (Lipinski definition) is 3. The third kappa shape index (κ3) is 4.18. The molecule has 0 radical (unpaired) electrons. The van der Waals surface area contributed by atoms with Crippen LogP contribution in [0.25, 0.3) is 0 Å². The van der Waals surface area contributed by atoms with Gasteiger partial charge in [0.2, 0.25) is 5.91 Å². The van der Waals surface area contributed by atoms with Crippen LogP contribution >= 0.6 is 0 Å². The van der Waals surface area contributed by atoms with Crippen molar-refractivity contribution in [3.63, 3.8) is 0 Å². The molecular formula is C11H21NO3. The normalized spacial score (nSPS) is 29.9. The Hall–Kier alpha value is -0.610. The topological polar surface area (TPSA) is 58.6 Å². The van der Waals surface area contributed by atoms with E-state index in [9.17, 15) is 4.79 Å². The number of amides is 1. The molecule has 2 N–H and O–H groups in total. The number of aliphatic hydroxyl groups excluding tert-OH is 1. The molecule has 1 fully saturated rings. The predicted molar refractivity (Wildman–Crippen MR) is 57.4 cm³/mol. The predicted octanol–water partition coefficient (Wildman–Crippen LogP) is 0.687. The van der Waals surface area contributed by atoms with Crippen LogP contribution in [0.15, 0.2) is 0 Å². The van der Waals surface area contributed by atoms with Crippen LogP contribution in [-0.4, -0.2) is 35.9 Å². The Bertz CT molecular complexity index is 218. The Kier molecular flexibility index (Phi) is 4.54. The molecule has 1 heterocycles. The van der Waals surface area contributed by atoms with Crippen molar-refractivity contribution in [2.24, 2.45) is 5.92 Å². The summed E-state index contributed by atoms with van der Waals surface area (Å²) in [7, 11) is 0. The van der Waals surface area contributed by atoms with E-state index in [1.165, 1.54) is 0 Å². The molecule has 4 unspecified atom stereocenters. The number of aliphatic hydroxyl groups is 1. The molecule has 1 aliphatic rings. The molecule has 0 spiro atoms. The number of ether oxygens (including phenoxy) is 1. The van der Waals surface area contributed by atoms with Crippen LogP contribution in [0.4, 0.5) is 0 Å². The first-order chi connectivity index (χ1) is 6.99. The molecule has 88 valence electrons. The van der Waals surface area contributed by atoms with Gasteiger partial charge >= 0.3 is 0 Å². The third-order valence-corrected chi connectivity index (χ3v) is 2.65. The first-order valence-electron chi connectivity index (χ1n) is 5.59. The highest BCUT2D eigenvalue weighted by atomic mass is 16.5. The van der Waals surface area contributed by atoms with Crippen LogP contribution in [-0.2, 0) is 9.53 Å². The van der Waals surface area contributed by atoms with Gasteiger partial charge in [-0.1, -0.05) is 0 Å². The second-order valence-electron chi connectivity index (χ2n) is 4.57. The Morgan fingerprint density at radius 2 is 2.27 bits per heavy atom. The largest absolute Gasteiger partial charge is 0.393 e. The molecule has 0 bridgehead atoms. The molecule has 0 aliphatic carbocycles. The van der Waals surface area contributed by atoms with Crippen molar-refractivity contribution in [3.8, 4) is 0 Å². The average Bonchev–Trinajstić information content (AvgIpc) is 2.49. The van der Waals surface area contributed by atoms with E-state index in [-0.39, 0.29) is 30.1 Å².